The minimum atomic E-state index is -0.480. The number of alkyl halides is 1. The third kappa shape index (κ3) is 4.65. The summed E-state index contributed by atoms with van der Waals surface area (Å²) in [6.07, 6.45) is -0.480. The Hall–Kier alpha value is 0.500. The van der Waals surface area contributed by atoms with E-state index in [2.05, 4.69) is 5.32 Å². The van der Waals surface area contributed by atoms with Gasteiger partial charge in [0.2, 0.25) is 0 Å². The summed E-state index contributed by atoms with van der Waals surface area (Å²) in [6.45, 7) is 1.63. The summed E-state index contributed by atoms with van der Waals surface area (Å²) in [5, 5.41) is 11.3. The molecule has 4 heteroatoms. The molecule has 0 spiro atoms. The third-order valence-electron chi connectivity index (χ3n) is 0.699. The van der Waals surface area contributed by atoms with E-state index in [1.54, 1.807) is 14.0 Å². The molecule has 2 unspecified atom stereocenters. The average Bonchev–Trinajstić information content (AvgIpc) is 1.65. The minimum Gasteiger partial charge on any atom is -0.390 e. The second kappa shape index (κ2) is 5.63. The summed E-state index contributed by atoms with van der Waals surface area (Å²) in [4.78, 5) is 0. The van der Waals surface area contributed by atoms with Gasteiger partial charge in [-0.2, -0.15) is 0 Å². The molecule has 0 radical (unpaired) electrons. The molecule has 0 aromatic rings. The van der Waals surface area contributed by atoms with Crippen molar-refractivity contribution >= 4 is 24.0 Å². The summed E-state index contributed by atoms with van der Waals surface area (Å²) < 4.78 is 0. The Morgan fingerprint density at radius 2 is 2.00 bits per heavy atom. The predicted octanol–water partition coefficient (Wildman–Crippen LogP) is 0.573. The smallest absolute Gasteiger partial charge is 0.108 e. The monoisotopic (exact) mass is 159 g/mol. The highest BCUT2D eigenvalue weighted by molar-refractivity contribution is 6.20. The maximum Gasteiger partial charge on any atom is 0.108 e. The predicted molar refractivity (Wildman–Crippen MR) is 37.6 cm³/mol. The van der Waals surface area contributed by atoms with Crippen LogP contribution in [-0.2, 0) is 0 Å². The first-order chi connectivity index (χ1) is 3.18. The van der Waals surface area contributed by atoms with E-state index in [1.165, 1.54) is 0 Å². The van der Waals surface area contributed by atoms with Crippen LogP contribution < -0.4 is 5.32 Å². The lowest BCUT2D eigenvalue weighted by molar-refractivity contribution is 0.180. The van der Waals surface area contributed by atoms with Gasteiger partial charge in [-0.3, -0.25) is 0 Å². The molecule has 0 saturated heterocycles. The van der Waals surface area contributed by atoms with Crippen LogP contribution in [0.5, 0.6) is 0 Å². The van der Waals surface area contributed by atoms with Crippen molar-refractivity contribution < 1.29 is 5.11 Å². The molecule has 0 aromatic heterocycles. The van der Waals surface area contributed by atoms with Gasteiger partial charge in [0.25, 0.3) is 0 Å². The highest BCUT2D eigenvalue weighted by Gasteiger charge is 2.05. The van der Waals surface area contributed by atoms with Gasteiger partial charge in [-0.15, -0.1) is 24.0 Å². The zero-order valence-corrected chi connectivity index (χ0v) is 6.46. The second-order valence-corrected chi connectivity index (χ2v) is 1.90. The van der Waals surface area contributed by atoms with E-state index < -0.39 is 6.10 Å². The van der Waals surface area contributed by atoms with Crippen molar-refractivity contribution in [2.24, 2.45) is 0 Å². The van der Waals surface area contributed by atoms with Crippen LogP contribution in [0.2, 0.25) is 0 Å². The molecule has 0 aliphatic carbocycles. The molecule has 8 heavy (non-hydrogen) atoms. The molecular weight excluding hydrogens is 149 g/mol. The van der Waals surface area contributed by atoms with Crippen LogP contribution in [0.15, 0.2) is 0 Å². The van der Waals surface area contributed by atoms with Crippen molar-refractivity contribution in [3.05, 3.63) is 0 Å². The van der Waals surface area contributed by atoms with Crippen molar-refractivity contribution in [2.75, 3.05) is 7.05 Å². The molecule has 0 aromatic carbocycles. The third-order valence-corrected chi connectivity index (χ3v) is 1.28. The lowest BCUT2D eigenvalue weighted by Gasteiger charge is -2.08. The van der Waals surface area contributed by atoms with Crippen LogP contribution in [0.25, 0.3) is 0 Å². The van der Waals surface area contributed by atoms with Crippen LogP contribution in [0.3, 0.4) is 0 Å². The van der Waals surface area contributed by atoms with Gasteiger partial charge in [0, 0.05) is 0 Å². The average molecular weight is 160 g/mol. The zero-order chi connectivity index (χ0) is 5.86. The molecular formula is C4H11Cl2NO. The maximum absolute atomic E-state index is 8.63. The fraction of sp³-hybridized carbons (Fsp3) is 1.00. The Morgan fingerprint density at radius 1 is 1.62 bits per heavy atom. The first-order valence-electron chi connectivity index (χ1n) is 2.18. The summed E-state index contributed by atoms with van der Waals surface area (Å²) in [7, 11) is 1.70. The Labute approximate surface area is 60.6 Å². The quantitative estimate of drug-likeness (QED) is 0.457. The number of rotatable bonds is 2. The van der Waals surface area contributed by atoms with Gasteiger partial charge in [-0.25, -0.2) is 0 Å². The minimum absolute atomic E-state index is 0. The number of hydrogen-bond acceptors (Lipinski definition) is 2. The van der Waals surface area contributed by atoms with Crippen LogP contribution in [0.4, 0.5) is 0 Å². The Balaban J connectivity index is 0. The van der Waals surface area contributed by atoms with Gasteiger partial charge in [0.05, 0.1) is 6.10 Å². The standard InChI is InChI=1S/C4H10ClNO.ClH/c1-3(7)4(5)6-2;/h3-4,6-7H,1-2H3;1H. The van der Waals surface area contributed by atoms with Crippen molar-refractivity contribution in [1.82, 2.24) is 5.32 Å². The van der Waals surface area contributed by atoms with E-state index in [0.29, 0.717) is 0 Å². The van der Waals surface area contributed by atoms with E-state index >= 15 is 0 Å². The van der Waals surface area contributed by atoms with Crippen molar-refractivity contribution in [3.8, 4) is 0 Å². The molecule has 0 aliphatic heterocycles. The highest BCUT2D eigenvalue weighted by atomic mass is 35.5. The van der Waals surface area contributed by atoms with Crippen LogP contribution in [0, 0.1) is 0 Å². The molecule has 0 aliphatic rings. The Kier molecular flexibility index (Phi) is 7.97. The molecule has 2 nitrogen and oxygen atoms in total. The molecule has 0 heterocycles. The normalized spacial score (nSPS) is 16.5. The van der Waals surface area contributed by atoms with E-state index in [1.807, 2.05) is 0 Å². The molecule has 2 N–H and O–H groups in total. The number of likely N-dealkylation sites (N-methyl/N-ethyl adjacent to an activating group) is 1. The van der Waals surface area contributed by atoms with Crippen molar-refractivity contribution in [2.45, 2.75) is 18.5 Å². The molecule has 0 amide bonds. The van der Waals surface area contributed by atoms with Crippen molar-refractivity contribution in [1.29, 1.82) is 0 Å². The lowest BCUT2D eigenvalue weighted by atomic mass is 10.4. The molecule has 0 bridgehead atoms. The largest absolute Gasteiger partial charge is 0.390 e. The van der Waals surface area contributed by atoms with Crippen molar-refractivity contribution in [3.63, 3.8) is 0 Å². The van der Waals surface area contributed by atoms with Crippen LogP contribution in [-0.4, -0.2) is 23.8 Å². The number of aliphatic hydroxyl groups is 1. The highest BCUT2D eigenvalue weighted by Crippen LogP contribution is 1.94. The fourth-order valence-electron chi connectivity index (χ4n) is 0.241. The number of aliphatic hydroxyl groups excluding tert-OH is 1. The Morgan fingerprint density at radius 3 is 2.00 bits per heavy atom. The van der Waals surface area contributed by atoms with Gasteiger partial charge < -0.3 is 10.4 Å². The maximum atomic E-state index is 8.63. The van der Waals surface area contributed by atoms with E-state index in [-0.39, 0.29) is 17.9 Å². The fourth-order valence-corrected chi connectivity index (χ4v) is 0.241. The first kappa shape index (κ1) is 11.3. The number of hydrogen-bond donors (Lipinski definition) is 2. The molecule has 52 valence electrons. The molecule has 2 atom stereocenters. The van der Waals surface area contributed by atoms with Gasteiger partial charge in [-0.1, -0.05) is 0 Å². The summed E-state index contributed by atoms with van der Waals surface area (Å²) in [5.74, 6) is 0. The van der Waals surface area contributed by atoms with Gasteiger partial charge in [-0.05, 0) is 14.0 Å². The van der Waals surface area contributed by atoms with Gasteiger partial charge in [0.1, 0.15) is 5.50 Å². The number of halogens is 2. The van der Waals surface area contributed by atoms with Gasteiger partial charge in [0.15, 0.2) is 0 Å². The Bertz CT molecular complexity index is 51.3. The molecule has 0 saturated carbocycles. The number of nitrogens with one attached hydrogen (secondary N) is 1. The van der Waals surface area contributed by atoms with E-state index in [4.69, 9.17) is 16.7 Å². The zero-order valence-electron chi connectivity index (χ0n) is 4.89. The first-order valence-corrected chi connectivity index (χ1v) is 2.61. The topological polar surface area (TPSA) is 32.3 Å². The summed E-state index contributed by atoms with van der Waals surface area (Å²) >= 11 is 5.44. The van der Waals surface area contributed by atoms with E-state index in [0.717, 1.165) is 0 Å². The van der Waals surface area contributed by atoms with E-state index in [9.17, 15) is 0 Å². The van der Waals surface area contributed by atoms with Crippen LogP contribution >= 0.6 is 24.0 Å². The van der Waals surface area contributed by atoms with Crippen LogP contribution in [0.1, 0.15) is 6.92 Å². The SMILES string of the molecule is CNC(Cl)C(C)O.Cl. The summed E-state index contributed by atoms with van der Waals surface area (Å²) in [5.41, 5.74) is -0.319. The van der Waals surface area contributed by atoms with Gasteiger partial charge >= 0.3 is 0 Å². The second-order valence-electron chi connectivity index (χ2n) is 1.43. The summed E-state index contributed by atoms with van der Waals surface area (Å²) in [6, 6.07) is 0. The lowest BCUT2D eigenvalue weighted by Crippen LogP contribution is -2.29. The molecule has 0 rings (SSSR count). The molecule has 0 fully saturated rings.